The Kier molecular flexibility index (Phi) is 6.14. The molecule has 1 aromatic carbocycles. The predicted octanol–water partition coefficient (Wildman–Crippen LogP) is 3.19. The number of piperidine rings is 1. The number of aliphatic hydroxyl groups excluding tert-OH is 1. The molecule has 0 spiro atoms. The normalized spacial score (nSPS) is 19.4. The van der Waals surface area contributed by atoms with Crippen molar-refractivity contribution in [3.05, 3.63) is 28.8 Å². The lowest BCUT2D eigenvalue weighted by atomic mass is 10.0. The quantitative estimate of drug-likeness (QED) is 0.792. The van der Waals surface area contributed by atoms with Crippen molar-refractivity contribution < 1.29 is 5.11 Å². The minimum Gasteiger partial charge on any atom is -0.394 e. The lowest BCUT2D eigenvalue weighted by Gasteiger charge is -2.36. The van der Waals surface area contributed by atoms with Gasteiger partial charge in [0.15, 0.2) is 0 Å². The Morgan fingerprint density at radius 1 is 1.40 bits per heavy atom. The summed E-state index contributed by atoms with van der Waals surface area (Å²) in [6.45, 7) is 5.21. The van der Waals surface area contributed by atoms with E-state index in [4.69, 9.17) is 11.6 Å². The van der Waals surface area contributed by atoms with Crippen molar-refractivity contribution in [2.45, 2.75) is 45.2 Å². The number of nitrogens with zero attached hydrogens (tertiary/aromatic N) is 1. The first-order chi connectivity index (χ1) is 9.76. The molecule has 1 aliphatic heterocycles. The van der Waals surface area contributed by atoms with Gasteiger partial charge in [0, 0.05) is 23.8 Å². The Morgan fingerprint density at radius 2 is 2.25 bits per heavy atom. The van der Waals surface area contributed by atoms with Crippen molar-refractivity contribution in [2.24, 2.45) is 0 Å². The Morgan fingerprint density at radius 3 is 2.95 bits per heavy atom. The zero-order valence-corrected chi connectivity index (χ0v) is 13.0. The van der Waals surface area contributed by atoms with Crippen LogP contribution in [0.1, 0.15) is 38.2 Å². The lowest BCUT2D eigenvalue weighted by molar-refractivity contribution is 0.240. The molecule has 0 saturated carbocycles. The molecule has 2 rings (SSSR count). The molecule has 0 aliphatic carbocycles. The van der Waals surface area contributed by atoms with Crippen molar-refractivity contribution in [1.29, 1.82) is 0 Å². The van der Waals surface area contributed by atoms with Gasteiger partial charge in [0.25, 0.3) is 0 Å². The molecule has 2 N–H and O–H groups in total. The third kappa shape index (κ3) is 3.87. The highest BCUT2D eigenvalue weighted by Gasteiger charge is 2.22. The maximum absolute atomic E-state index is 9.51. The van der Waals surface area contributed by atoms with Gasteiger partial charge in [0.05, 0.1) is 12.6 Å². The van der Waals surface area contributed by atoms with Crippen LogP contribution in [0.3, 0.4) is 0 Å². The lowest BCUT2D eigenvalue weighted by Crippen LogP contribution is -2.41. The Hall–Kier alpha value is -0.770. The minimum absolute atomic E-state index is 0.220. The molecule has 20 heavy (non-hydrogen) atoms. The van der Waals surface area contributed by atoms with Gasteiger partial charge in [-0.1, -0.05) is 24.6 Å². The number of rotatable bonds is 6. The van der Waals surface area contributed by atoms with Gasteiger partial charge in [-0.2, -0.15) is 0 Å². The van der Waals surface area contributed by atoms with Crippen molar-refractivity contribution >= 4 is 17.3 Å². The van der Waals surface area contributed by atoms with E-state index in [2.05, 4.69) is 29.3 Å². The standard InChI is InChI=1S/C16H25ClN2O/c1-2-8-18-11-13-6-7-14(10-16(13)17)19-9-4-3-5-15(19)12-20/h6-7,10,15,18,20H,2-5,8-9,11-12H2,1H3. The number of aliphatic hydroxyl groups is 1. The molecule has 112 valence electrons. The van der Waals surface area contributed by atoms with Crippen LogP contribution in [0.4, 0.5) is 5.69 Å². The highest BCUT2D eigenvalue weighted by molar-refractivity contribution is 6.31. The molecule has 1 aliphatic rings. The monoisotopic (exact) mass is 296 g/mol. The largest absolute Gasteiger partial charge is 0.394 e. The van der Waals surface area contributed by atoms with Crippen LogP contribution in [0.2, 0.25) is 5.02 Å². The van der Waals surface area contributed by atoms with Crippen LogP contribution >= 0.6 is 11.6 Å². The molecule has 1 unspecified atom stereocenters. The fraction of sp³-hybridized carbons (Fsp3) is 0.625. The van der Waals surface area contributed by atoms with Gasteiger partial charge >= 0.3 is 0 Å². The van der Waals surface area contributed by atoms with E-state index in [1.807, 2.05) is 6.07 Å². The molecule has 1 atom stereocenters. The summed E-state index contributed by atoms with van der Waals surface area (Å²) >= 11 is 6.39. The van der Waals surface area contributed by atoms with Crippen LogP contribution in [0.15, 0.2) is 18.2 Å². The Labute approximate surface area is 126 Å². The number of nitrogens with one attached hydrogen (secondary N) is 1. The average Bonchev–Trinajstić information content (AvgIpc) is 2.49. The molecule has 0 aromatic heterocycles. The van der Waals surface area contributed by atoms with E-state index >= 15 is 0 Å². The Balaban J connectivity index is 2.07. The van der Waals surface area contributed by atoms with Crippen molar-refractivity contribution in [2.75, 3.05) is 24.6 Å². The van der Waals surface area contributed by atoms with Crippen LogP contribution in [0, 0.1) is 0 Å². The molecule has 3 nitrogen and oxygen atoms in total. The minimum atomic E-state index is 0.220. The topological polar surface area (TPSA) is 35.5 Å². The number of anilines is 1. The molecule has 0 amide bonds. The fourth-order valence-corrected chi connectivity index (χ4v) is 3.03. The fourth-order valence-electron chi connectivity index (χ4n) is 2.79. The second-order valence-corrected chi connectivity index (χ2v) is 5.89. The van der Waals surface area contributed by atoms with E-state index in [-0.39, 0.29) is 12.6 Å². The van der Waals surface area contributed by atoms with Gasteiger partial charge in [0.1, 0.15) is 0 Å². The number of hydrogen-bond acceptors (Lipinski definition) is 3. The third-order valence-corrected chi connectivity index (χ3v) is 4.30. The van der Waals surface area contributed by atoms with Gasteiger partial charge in [-0.05, 0) is 49.9 Å². The van der Waals surface area contributed by atoms with E-state index in [9.17, 15) is 5.11 Å². The predicted molar refractivity (Wildman–Crippen MR) is 85.5 cm³/mol. The summed E-state index contributed by atoms with van der Waals surface area (Å²) < 4.78 is 0. The van der Waals surface area contributed by atoms with Crippen LogP contribution in [-0.2, 0) is 6.54 Å². The molecule has 1 fully saturated rings. The third-order valence-electron chi connectivity index (χ3n) is 3.95. The van der Waals surface area contributed by atoms with Crippen molar-refractivity contribution in [1.82, 2.24) is 5.32 Å². The van der Waals surface area contributed by atoms with E-state index in [1.54, 1.807) is 0 Å². The summed E-state index contributed by atoms with van der Waals surface area (Å²) in [7, 11) is 0. The first-order valence-corrected chi connectivity index (χ1v) is 8.00. The van der Waals surface area contributed by atoms with Crippen LogP contribution < -0.4 is 10.2 Å². The van der Waals surface area contributed by atoms with E-state index in [0.717, 1.165) is 48.7 Å². The van der Waals surface area contributed by atoms with Gasteiger partial charge in [-0.15, -0.1) is 0 Å². The molecular formula is C16H25ClN2O. The van der Waals surface area contributed by atoms with E-state index in [1.165, 1.54) is 12.8 Å². The van der Waals surface area contributed by atoms with Gasteiger partial charge in [0.2, 0.25) is 0 Å². The molecule has 1 saturated heterocycles. The summed E-state index contributed by atoms with van der Waals surface area (Å²) in [6.07, 6.45) is 4.58. The smallest absolute Gasteiger partial charge is 0.0635 e. The van der Waals surface area contributed by atoms with E-state index < -0.39 is 0 Å². The molecular weight excluding hydrogens is 272 g/mol. The number of benzene rings is 1. The molecule has 4 heteroatoms. The number of halogens is 1. The van der Waals surface area contributed by atoms with Crippen molar-refractivity contribution in [3.8, 4) is 0 Å². The second kappa shape index (κ2) is 7.87. The van der Waals surface area contributed by atoms with E-state index in [0.29, 0.717) is 0 Å². The van der Waals surface area contributed by atoms with Gasteiger partial charge in [-0.25, -0.2) is 0 Å². The SMILES string of the molecule is CCCNCc1ccc(N2CCCCC2CO)cc1Cl. The van der Waals surface area contributed by atoms with Crippen molar-refractivity contribution in [3.63, 3.8) is 0 Å². The van der Waals surface area contributed by atoms with Gasteiger partial charge in [-0.3, -0.25) is 0 Å². The maximum atomic E-state index is 9.51. The molecule has 1 aromatic rings. The first kappa shape index (κ1) is 15.6. The summed E-state index contributed by atoms with van der Waals surface area (Å²) in [5.41, 5.74) is 2.27. The summed E-state index contributed by atoms with van der Waals surface area (Å²) in [4.78, 5) is 2.29. The maximum Gasteiger partial charge on any atom is 0.0635 e. The number of hydrogen-bond donors (Lipinski definition) is 2. The summed E-state index contributed by atoms with van der Waals surface area (Å²) in [5.74, 6) is 0. The molecule has 0 radical (unpaired) electrons. The van der Waals surface area contributed by atoms with Crippen LogP contribution in [0.5, 0.6) is 0 Å². The zero-order chi connectivity index (χ0) is 14.4. The van der Waals surface area contributed by atoms with Gasteiger partial charge < -0.3 is 15.3 Å². The zero-order valence-electron chi connectivity index (χ0n) is 12.2. The van der Waals surface area contributed by atoms with Crippen LogP contribution in [-0.4, -0.2) is 30.8 Å². The summed E-state index contributed by atoms with van der Waals surface area (Å²) in [6, 6.07) is 6.51. The first-order valence-electron chi connectivity index (χ1n) is 7.63. The Bertz CT molecular complexity index is 425. The average molecular weight is 297 g/mol. The summed E-state index contributed by atoms with van der Waals surface area (Å²) in [5, 5.41) is 13.7. The molecule has 0 bridgehead atoms. The second-order valence-electron chi connectivity index (χ2n) is 5.48. The van der Waals surface area contributed by atoms with Crippen LogP contribution in [0.25, 0.3) is 0 Å². The molecule has 1 heterocycles. The highest BCUT2D eigenvalue weighted by atomic mass is 35.5. The highest BCUT2D eigenvalue weighted by Crippen LogP contribution is 2.28.